The molecule has 0 radical (unpaired) electrons. The molecule has 0 bridgehead atoms. The minimum Gasteiger partial charge on any atom is -0.309 e. The molecule has 3 rings (SSSR count). The molecule has 2 aliphatic rings. The van der Waals surface area contributed by atoms with E-state index in [1.54, 1.807) is 22.5 Å². The summed E-state index contributed by atoms with van der Waals surface area (Å²) in [4.78, 5) is 6.79. The normalized spacial score (nSPS) is 22.0. The molecule has 0 saturated heterocycles. The van der Waals surface area contributed by atoms with Crippen LogP contribution < -0.4 is 5.32 Å². The van der Waals surface area contributed by atoms with Gasteiger partial charge in [0.25, 0.3) is 0 Å². The maximum absolute atomic E-state index is 4.32. The highest BCUT2D eigenvalue weighted by Crippen LogP contribution is 2.22. The zero-order valence-corrected chi connectivity index (χ0v) is 8.81. The second-order valence-electron chi connectivity index (χ2n) is 3.88. The van der Waals surface area contributed by atoms with E-state index in [4.69, 9.17) is 0 Å². The van der Waals surface area contributed by atoms with Crippen LogP contribution >= 0.6 is 11.3 Å². The lowest BCUT2D eigenvalue weighted by Gasteiger charge is -2.15. The van der Waals surface area contributed by atoms with Gasteiger partial charge < -0.3 is 5.32 Å². The Hall–Kier alpha value is -0.710. The molecule has 0 aliphatic carbocycles. The molecule has 0 spiro atoms. The number of nitrogens with zero attached hydrogens (tertiary/aromatic N) is 2. The van der Waals surface area contributed by atoms with Crippen molar-refractivity contribution in [2.75, 3.05) is 26.2 Å². The van der Waals surface area contributed by atoms with Crippen molar-refractivity contribution in [2.24, 2.45) is 0 Å². The first kappa shape index (κ1) is 8.59. The molecule has 1 N–H and O–H groups in total. The van der Waals surface area contributed by atoms with Crippen LogP contribution in [0.15, 0.2) is 22.7 Å². The molecule has 3 heterocycles. The van der Waals surface area contributed by atoms with Crippen LogP contribution in [0, 0.1) is 0 Å². The van der Waals surface area contributed by atoms with Gasteiger partial charge in [-0.2, -0.15) is 0 Å². The average molecular weight is 207 g/mol. The quantitative estimate of drug-likeness (QED) is 0.729. The van der Waals surface area contributed by atoms with Crippen molar-refractivity contribution in [3.8, 4) is 0 Å². The molecule has 0 aromatic carbocycles. The summed E-state index contributed by atoms with van der Waals surface area (Å²) < 4.78 is 0. The van der Waals surface area contributed by atoms with Crippen molar-refractivity contribution < 1.29 is 0 Å². The van der Waals surface area contributed by atoms with Crippen molar-refractivity contribution in [3.05, 3.63) is 27.7 Å². The fraction of sp³-hybridized carbons (Fsp3) is 0.500. The van der Waals surface area contributed by atoms with Gasteiger partial charge in [0, 0.05) is 37.8 Å². The molecule has 0 atom stereocenters. The first-order valence-electron chi connectivity index (χ1n) is 4.93. The van der Waals surface area contributed by atoms with Gasteiger partial charge in [-0.25, -0.2) is 4.98 Å². The first-order chi connectivity index (χ1) is 6.92. The molecule has 2 aliphatic heterocycles. The van der Waals surface area contributed by atoms with Crippen molar-refractivity contribution in [2.45, 2.75) is 6.54 Å². The Labute approximate surface area is 87.5 Å². The molecule has 3 nitrogen and oxygen atoms in total. The van der Waals surface area contributed by atoms with Gasteiger partial charge in [0.2, 0.25) is 0 Å². The zero-order chi connectivity index (χ0) is 9.38. The number of aromatic nitrogens is 1. The third kappa shape index (κ3) is 1.49. The summed E-state index contributed by atoms with van der Waals surface area (Å²) in [5, 5.41) is 6.67. The molecule has 14 heavy (non-hydrogen) atoms. The Morgan fingerprint density at radius 2 is 2.14 bits per heavy atom. The van der Waals surface area contributed by atoms with E-state index in [0.29, 0.717) is 0 Å². The highest BCUT2D eigenvalue weighted by Gasteiger charge is 2.25. The monoisotopic (exact) mass is 207 g/mol. The molecule has 0 unspecified atom stereocenters. The molecule has 0 amide bonds. The Morgan fingerprint density at radius 1 is 1.36 bits per heavy atom. The van der Waals surface area contributed by atoms with Crippen LogP contribution in [-0.2, 0) is 6.54 Å². The highest BCUT2D eigenvalue weighted by atomic mass is 32.1. The minimum atomic E-state index is 1.02. The fourth-order valence-corrected chi connectivity index (χ4v) is 2.84. The van der Waals surface area contributed by atoms with Crippen LogP contribution in [0.1, 0.15) is 5.01 Å². The Bertz CT molecular complexity index is 339. The van der Waals surface area contributed by atoms with Gasteiger partial charge in [-0.1, -0.05) is 0 Å². The predicted molar refractivity (Wildman–Crippen MR) is 57.3 cm³/mol. The third-order valence-corrected chi connectivity index (χ3v) is 3.61. The van der Waals surface area contributed by atoms with E-state index in [9.17, 15) is 0 Å². The lowest BCUT2D eigenvalue weighted by Crippen LogP contribution is -2.26. The van der Waals surface area contributed by atoms with Gasteiger partial charge in [-0.15, -0.1) is 11.3 Å². The lowest BCUT2D eigenvalue weighted by molar-refractivity contribution is 0.330. The summed E-state index contributed by atoms with van der Waals surface area (Å²) in [5.74, 6) is 0. The van der Waals surface area contributed by atoms with Crippen LogP contribution in [0.25, 0.3) is 0 Å². The van der Waals surface area contributed by atoms with Crippen molar-refractivity contribution in [3.63, 3.8) is 0 Å². The number of nitrogens with one attached hydrogen (secondary N) is 1. The summed E-state index contributed by atoms with van der Waals surface area (Å²) in [6.07, 6.45) is 1.89. The lowest BCUT2D eigenvalue weighted by atomic mass is 10.2. The largest absolute Gasteiger partial charge is 0.309 e. The van der Waals surface area contributed by atoms with E-state index >= 15 is 0 Å². The van der Waals surface area contributed by atoms with Gasteiger partial charge >= 0.3 is 0 Å². The van der Waals surface area contributed by atoms with E-state index in [1.165, 1.54) is 5.01 Å². The molecular formula is C10H13N3S. The van der Waals surface area contributed by atoms with Gasteiger partial charge in [0.1, 0.15) is 5.01 Å². The standard InChI is InChI=1S/C10H13N3S/c1-2-14-10(12-1)7-13-5-8-3-11-4-9(8)6-13/h1-2,11H,3-7H2. The molecule has 0 saturated carbocycles. The van der Waals surface area contributed by atoms with E-state index in [0.717, 1.165) is 32.7 Å². The highest BCUT2D eigenvalue weighted by molar-refractivity contribution is 7.09. The average Bonchev–Trinajstić information content (AvgIpc) is 2.78. The van der Waals surface area contributed by atoms with E-state index < -0.39 is 0 Å². The first-order valence-corrected chi connectivity index (χ1v) is 5.81. The molecule has 74 valence electrons. The van der Waals surface area contributed by atoms with E-state index in [2.05, 4.69) is 15.2 Å². The van der Waals surface area contributed by atoms with Crippen LogP contribution in [-0.4, -0.2) is 36.1 Å². The summed E-state index contributed by atoms with van der Waals surface area (Å²) >= 11 is 1.75. The molecule has 4 heteroatoms. The Kier molecular flexibility index (Phi) is 2.12. The fourth-order valence-electron chi connectivity index (χ4n) is 2.18. The Balaban J connectivity index is 1.63. The number of thiazole rings is 1. The molecular weight excluding hydrogens is 194 g/mol. The summed E-state index contributed by atoms with van der Waals surface area (Å²) in [6, 6.07) is 0. The summed E-state index contributed by atoms with van der Waals surface area (Å²) in [6.45, 7) is 5.50. The summed E-state index contributed by atoms with van der Waals surface area (Å²) in [7, 11) is 0. The molecule has 1 aromatic heterocycles. The minimum absolute atomic E-state index is 1.02. The van der Waals surface area contributed by atoms with Crippen LogP contribution in [0.3, 0.4) is 0 Å². The maximum atomic E-state index is 4.32. The number of hydrogen-bond donors (Lipinski definition) is 1. The SMILES string of the molecule is c1csc(CN2CC3=C(CNC3)C2)n1. The Morgan fingerprint density at radius 3 is 2.79 bits per heavy atom. The second kappa shape index (κ2) is 3.46. The second-order valence-corrected chi connectivity index (χ2v) is 4.86. The van der Waals surface area contributed by atoms with Crippen molar-refractivity contribution in [1.82, 2.24) is 15.2 Å². The topological polar surface area (TPSA) is 28.2 Å². The summed E-state index contributed by atoms with van der Waals surface area (Å²) in [5.41, 5.74) is 3.23. The van der Waals surface area contributed by atoms with E-state index in [1.807, 2.05) is 11.6 Å². The maximum Gasteiger partial charge on any atom is 0.107 e. The smallest absolute Gasteiger partial charge is 0.107 e. The predicted octanol–water partition coefficient (Wildman–Crippen LogP) is 0.858. The van der Waals surface area contributed by atoms with Crippen molar-refractivity contribution in [1.29, 1.82) is 0 Å². The van der Waals surface area contributed by atoms with Crippen LogP contribution in [0.2, 0.25) is 0 Å². The van der Waals surface area contributed by atoms with Crippen LogP contribution in [0.5, 0.6) is 0 Å². The van der Waals surface area contributed by atoms with Gasteiger partial charge in [-0.3, -0.25) is 4.90 Å². The number of rotatable bonds is 2. The van der Waals surface area contributed by atoms with Gasteiger partial charge in [-0.05, 0) is 11.1 Å². The number of hydrogen-bond acceptors (Lipinski definition) is 4. The molecule has 1 aromatic rings. The third-order valence-electron chi connectivity index (χ3n) is 2.85. The van der Waals surface area contributed by atoms with Gasteiger partial charge in [0.15, 0.2) is 0 Å². The zero-order valence-electron chi connectivity index (χ0n) is 7.99. The van der Waals surface area contributed by atoms with Crippen LogP contribution in [0.4, 0.5) is 0 Å². The van der Waals surface area contributed by atoms with Gasteiger partial charge in [0.05, 0.1) is 6.54 Å². The van der Waals surface area contributed by atoms with Crippen molar-refractivity contribution >= 4 is 11.3 Å². The van der Waals surface area contributed by atoms with E-state index in [-0.39, 0.29) is 0 Å². The molecule has 0 fully saturated rings.